The van der Waals surface area contributed by atoms with Gasteiger partial charge in [0, 0.05) is 9.52 Å². The highest BCUT2D eigenvalue weighted by Crippen LogP contribution is 1.99. The molecule has 0 heterocycles. The third kappa shape index (κ3) is 8.22. The lowest BCUT2D eigenvalue weighted by atomic mass is 10.4. The molecule has 0 aromatic heterocycles. The predicted octanol–water partition coefficient (Wildman–Crippen LogP) is 2.86. The van der Waals surface area contributed by atoms with Crippen LogP contribution in [0.5, 0.6) is 0 Å². The molecule has 0 aliphatic heterocycles. The topological polar surface area (TPSA) is 0 Å². The summed E-state index contributed by atoms with van der Waals surface area (Å²) in [6, 6.07) is 3.08. The summed E-state index contributed by atoms with van der Waals surface area (Å²) in [4.78, 5) is 0. The molecule has 1 radical (unpaired) electrons. The largest absolute Gasteiger partial charge is 0.0654 e. The lowest BCUT2D eigenvalue weighted by Crippen LogP contribution is -1.87. The molecule has 0 rings (SSSR count). The van der Waals surface area contributed by atoms with Crippen LogP contribution in [0.25, 0.3) is 0 Å². The van der Waals surface area contributed by atoms with Crippen LogP contribution in [0.1, 0.15) is 39.5 Å². The van der Waals surface area contributed by atoms with Gasteiger partial charge in [0.1, 0.15) is 0 Å². The molecular formula is C8H19Si. The van der Waals surface area contributed by atoms with Crippen molar-refractivity contribution in [2.75, 3.05) is 0 Å². The second-order valence-corrected chi connectivity index (χ2v) is 4.31. The average molecular weight is 143 g/mol. The lowest BCUT2D eigenvalue weighted by molar-refractivity contribution is 0.851. The van der Waals surface area contributed by atoms with Gasteiger partial charge in [-0.15, -0.1) is 0 Å². The first kappa shape index (κ1) is 9.22. The van der Waals surface area contributed by atoms with E-state index < -0.39 is 0 Å². The molecule has 0 bridgehead atoms. The molecular weight excluding hydrogens is 124 g/mol. The highest BCUT2D eigenvalue weighted by molar-refractivity contribution is 6.35. The lowest BCUT2D eigenvalue weighted by Gasteiger charge is -1.94. The minimum atomic E-state index is 0.818. The third-order valence-corrected chi connectivity index (χ3v) is 3.16. The van der Waals surface area contributed by atoms with Gasteiger partial charge >= 0.3 is 0 Å². The molecule has 0 spiro atoms. The fourth-order valence-electron chi connectivity index (χ4n) is 0.841. The van der Waals surface area contributed by atoms with Crippen LogP contribution in [0.3, 0.4) is 0 Å². The Kier molecular flexibility index (Phi) is 8.41. The summed E-state index contributed by atoms with van der Waals surface area (Å²) in [7, 11) is 0.818. The smallest absolute Gasteiger partial charge is 0.0280 e. The SMILES string of the molecule is CCCC[SiH]CCCC. The number of hydrogen-bond donors (Lipinski definition) is 0. The van der Waals surface area contributed by atoms with Crippen molar-refractivity contribution in [3.8, 4) is 0 Å². The van der Waals surface area contributed by atoms with Gasteiger partial charge in [-0.2, -0.15) is 0 Å². The minimum absolute atomic E-state index is 0.818. The van der Waals surface area contributed by atoms with E-state index >= 15 is 0 Å². The van der Waals surface area contributed by atoms with E-state index in [0.29, 0.717) is 0 Å². The Morgan fingerprint density at radius 3 is 1.67 bits per heavy atom. The molecule has 0 aliphatic carbocycles. The maximum atomic E-state index is 2.28. The Bertz CT molecular complexity index is 37.8. The molecule has 0 atom stereocenters. The van der Waals surface area contributed by atoms with E-state index in [9.17, 15) is 0 Å². The average Bonchev–Trinajstić information content (AvgIpc) is 1.89. The first-order valence-electron chi connectivity index (χ1n) is 4.23. The summed E-state index contributed by atoms with van der Waals surface area (Å²) < 4.78 is 0. The van der Waals surface area contributed by atoms with Gasteiger partial charge in [0.25, 0.3) is 0 Å². The van der Waals surface area contributed by atoms with Crippen LogP contribution in [0.15, 0.2) is 0 Å². The predicted molar refractivity (Wildman–Crippen MR) is 46.6 cm³/mol. The third-order valence-electron chi connectivity index (χ3n) is 1.52. The Morgan fingerprint density at radius 1 is 0.889 bits per heavy atom. The van der Waals surface area contributed by atoms with E-state index in [2.05, 4.69) is 13.8 Å². The number of hydrogen-bond acceptors (Lipinski definition) is 0. The van der Waals surface area contributed by atoms with Gasteiger partial charge in [0.15, 0.2) is 0 Å². The Morgan fingerprint density at radius 2 is 1.33 bits per heavy atom. The molecule has 9 heavy (non-hydrogen) atoms. The van der Waals surface area contributed by atoms with Crippen LogP contribution in [0.4, 0.5) is 0 Å². The van der Waals surface area contributed by atoms with Crippen molar-refractivity contribution in [2.24, 2.45) is 0 Å². The summed E-state index contributed by atoms with van der Waals surface area (Å²) in [5.41, 5.74) is 0. The molecule has 0 amide bonds. The van der Waals surface area contributed by atoms with Gasteiger partial charge in [0.2, 0.25) is 0 Å². The van der Waals surface area contributed by atoms with E-state index in [1.54, 1.807) is 0 Å². The fraction of sp³-hybridized carbons (Fsp3) is 1.00. The van der Waals surface area contributed by atoms with Crippen molar-refractivity contribution in [3.05, 3.63) is 0 Å². The molecule has 0 aliphatic rings. The summed E-state index contributed by atoms with van der Waals surface area (Å²) >= 11 is 0. The molecule has 55 valence electrons. The van der Waals surface area contributed by atoms with Gasteiger partial charge in [-0.05, 0) is 0 Å². The monoisotopic (exact) mass is 143 g/mol. The summed E-state index contributed by atoms with van der Waals surface area (Å²) in [6.45, 7) is 4.55. The quantitative estimate of drug-likeness (QED) is 0.396. The molecule has 0 fully saturated rings. The second kappa shape index (κ2) is 8.22. The van der Waals surface area contributed by atoms with Crippen molar-refractivity contribution in [2.45, 2.75) is 51.6 Å². The maximum absolute atomic E-state index is 2.28. The van der Waals surface area contributed by atoms with Crippen LogP contribution < -0.4 is 0 Å². The standard InChI is InChI=1S/C8H19Si/c1-3-5-7-9-8-6-4-2/h9H,3-8H2,1-2H3. The molecule has 0 aromatic carbocycles. The van der Waals surface area contributed by atoms with E-state index in [0.717, 1.165) is 9.52 Å². The number of unbranched alkanes of at least 4 members (excludes halogenated alkanes) is 2. The van der Waals surface area contributed by atoms with Crippen LogP contribution in [-0.4, -0.2) is 9.52 Å². The number of rotatable bonds is 6. The van der Waals surface area contributed by atoms with E-state index in [1.807, 2.05) is 0 Å². The first-order valence-corrected chi connectivity index (χ1v) is 5.86. The van der Waals surface area contributed by atoms with Crippen LogP contribution in [0, 0.1) is 0 Å². The van der Waals surface area contributed by atoms with Crippen molar-refractivity contribution in [3.63, 3.8) is 0 Å². The molecule has 1 heteroatoms. The molecule has 0 N–H and O–H groups in total. The van der Waals surface area contributed by atoms with Crippen LogP contribution >= 0.6 is 0 Å². The zero-order chi connectivity index (χ0) is 6.95. The fourth-order valence-corrected chi connectivity index (χ4v) is 2.52. The normalized spacial score (nSPS) is 10.0. The van der Waals surface area contributed by atoms with Crippen molar-refractivity contribution < 1.29 is 0 Å². The highest BCUT2D eigenvalue weighted by Gasteiger charge is 1.87. The Labute approximate surface area is 61.9 Å². The van der Waals surface area contributed by atoms with Gasteiger partial charge < -0.3 is 0 Å². The van der Waals surface area contributed by atoms with Crippen molar-refractivity contribution in [1.82, 2.24) is 0 Å². The van der Waals surface area contributed by atoms with Gasteiger partial charge in [0.05, 0.1) is 0 Å². The van der Waals surface area contributed by atoms with E-state index in [-0.39, 0.29) is 0 Å². The van der Waals surface area contributed by atoms with Crippen molar-refractivity contribution >= 4 is 9.52 Å². The summed E-state index contributed by atoms with van der Waals surface area (Å²) in [6.07, 6.45) is 5.72. The van der Waals surface area contributed by atoms with Gasteiger partial charge in [-0.25, -0.2) is 0 Å². The van der Waals surface area contributed by atoms with Gasteiger partial charge in [-0.1, -0.05) is 51.6 Å². The summed E-state index contributed by atoms with van der Waals surface area (Å²) in [5, 5.41) is 0. The maximum Gasteiger partial charge on any atom is 0.0280 e. The Hall–Kier alpha value is 0.217. The molecule has 0 saturated carbocycles. The van der Waals surface area contributed by atoms with Crippen LogP contribution in [0.2, 0.25) is 12.1 Å². The van der Waals surface area contributed by atoms with E-state index in [4.69, 9.17) is 0 Å². The molecule has 0 nitrogen and oxygen atoms in total. The van der Waals surface area contributed by atoms with E-state index in [1.165, 1.54) is 37.8 Å². The van der Waals surface area contributed by atoms with Crippen molar-refractivity contribution in [1.29, 1.82) is 0 Å². The highest BCUT2D eigenvalue weighted by atomic mass is 28.2. The second-order valence-electron chi connectivity index (χ2n) is 2.57. The first-order chi connectivity index (χ1) is 4.41. The zero-order valence-electron chi connectivity index (χ0n) is 6.82. The van der Waals surface area contributed by atoms with Gasteiger partial charge in [-0.3, -0.25) is 0 Å². The summed E-state index contributed by atoms with van der Waals surface area (Å²) in [5.74, 6) is 0. The molecule has 0 unspecified atom stereocenters. The van der Waals surface area contributed by atoms with Crippen LogP contribution in [-0.2, 0) is 0 Å². The minimum Gasteiger partial charge on any atom is -0.0654 e. The Balaban J connectivity index is 2.60. The zero-order valence-corrected chi connectivity index (χ0v) is 7.97. The molecule has 0 saturated heterocycles. The molecule has 0 aromatic rings.